The van der Waals surface area contributed by atoms with Gasteiger partial charge in [-0.05, 0) is 45.4 Å². The van der Waals surface area contributed by atoms with Gasteiger partial charge in [-0.3, -0.25) is 0 Å². The Bertz CT molecular complexity index is 562. The van der Waals surface area contributed by atoms with E-state index in [1.165, 1.54) is 20.9 Å². The highest BCUT2D eigenvalue weighted by Crippen LogP contribution is 2.29. The van der Waals surface area contributed by atoms with Crippen molar-refractivity contribution in [3.05, 3.63) is 51.2 Å². The first-order valence-electron chi connectivity index (χ1n) is 7.11. The van der Waals surface area contributed by atoms with Crippen molar-refractivity contribution >= 4 is 17.0 Å². The van der Waals surface area contributed by atoms with Crippen molar-refractivity contribution in [1.82, 2.24) is 0 Å². The van der Waals surface area contributed by atoms with Gasteiger partial charge in [0.25, 0.3) is 0 Å². The average Bonchev–Trinajstić information content (AvgIpc) is 2.77. The fraction of sp³-hybridized carbons (Fsp3) is 0.412. The minimum atomic E-state index is 0.308. The Morgan fingerprint density at radius 3 is 2.65 bits per heavy atom. The molecule has 0 fully saturated rings. The molecule has 0 saturated heterocycles. The largest absolute Gasteiger partial charge is 0.378 e. The minimum Gasteiger partial charge on any atom is -0.378 e. The van der Waals surface area contributed by atoms with E-state index in [-0.39, 0.29) is 0 Å². The van der Waals surface area contributed by atoms with E-state index in [1.807, 2.05) is 18.3 Å². The Balaban J connectivity index is 2.15. The predicted octanol–water partition coefficient (Wildman–Crippen LogP) is 5.07. The Hall–Kier alpha value is -1.32. The predicted molar refractivity (Wildman–Crippen MR) is 87.6 cm³/mol. The molecule has 1 unspecified atom stereocenters. The third-order valence-electron chi connectivity index (χ3n) is 3.40. The van der Waals surface area contributed by atoms with Crippen molar-refractivity contribution < 1.29 is 4.74 Å². The van der Waals surface area contributed by atoms with Crippen LogP contribution in [-0.2, 0) is 11.3 Å². The van der Waals surface area contributed by atoms with E-state index in [0.29, 0.717) is 12.6 Å². The third kappa shape index (κ3) is 3.62. The fourth-order valence-corrected chi connectivity index (χ4v) is 3.41. The van der Waals surface area contributed by atoms with Crippen LogP contribution in [0.3, 0.4) is 0 Å². The summed E-state index contributed by atoms with van der Waals surface area (Å²) in [5, 5.41) is 3.62. The van der Waals surface area contributed by atoms with Crippen LogP contribution in [0.5, 0.6) is 0 Å². The van der Waals surface area contributed by atoms with E-state index in [2.05, 4.69) is 56.4 Å². The van der Waals surface area contributed by atoms with Crippen LogP contribution >= 0.6 is 11.3 Å². The smallest absolute Gasteiger partial charge is 0.0736 e. The summed E-state index contributed by atoms with van der Waals surface area (Å²) < 4.78 is 5.54. The van der Waals surface area contributed by atoms with Gasteiger partial charge in [0, 0.05) is 33.7 Å². The van der Waals surface area contributed by atoms with Gasteiger partial charge in [-0.2, -0.15) is 0 Å². The van der Waals surface area contributed by atoms with E-state index >= 15 is 0 Å². The van der Waals surface area contributed by atoms with Crippen LogP contribution in [0.25, 0.3) is 0 Å². The van der Waals surface area contributed by atoms with Crippen LogP contribution in [0.1, 0.15) is 40.8 Å². The van der Waals surface area contributed by atoms with Gasteiger partial charge in [0.15, 0.2) is 0 Å². The van der Waals surface area contributed by atoms with Gasteiger partial charge in [0.2, 0.25) is 0 Å². The second-order valence-corrected chi connectivity index (χ2v) is 6.49. The van der Waals surface area contributed by atoms with Crippen LogP contribution < -0.4 is 5.32 Å². The molecule has 0 aliphatic heterocycles. The lowest BCUT2D eigenvalue weighted by molar-refractivity contribution is 0.134. The summed E-state index contributed by atoms with van der Waals surface area (Å²) in [5.41, 5.74) is 3.77. The number of anilines is 1. The summed E-state index contributed by atoms with van der Waals surface area (Å²) >= 11 is 1.86. The van der Waals surface area contributed by atoms with Crippen LogP contribution in [0.15, 0.2) is 30.3 Å². The number of para-hydroxylation sites is 1. The molecular formula is C17H23NOS. The molecule has 0 amide bonds. The summed E-state index contributed by atoms with van der Waals surface area (Å²) in [6, 6.07) is 11.0. The van der Waals surface area contributed by atoms with E-state index in [4.69, 9.17) is 4.74 Å². The SMILES string of the molecule is CCOCc1ccccc1NC(C)c1cc(C)sc1C. The molecule has 0 aliphatic carbocycles. The molecule has 1 atom stereocenters. The molecule has 1 aromatic heterocycles. The van der Waals surface area contributed by atoms with Gasteiger partial charge in [-0.25, -0.2) is 0 Å². The molecule has 0 aliphatic rings. The van der Waals surface area contributed by atoms with Gasteiger partial charge in [0.1, 0.15) is 0 Å². The van der Waals surface area contributed by atoms with Crippen molar-refractivity contribution in [1.29, 1.82) is 0 Å². The summed E-state index contributed by atoms with van der Waals surface area (Å²) in [7, 11) is 0. The molecule has 1 aromatic carbocycles. The number of thiophene rings is 1. The molecule has 108 valence electrons. The maximum atomic E-state index is 5.54. The molecule has 1 N–H and O–H groups in total. The van der Waals surface area contributed by atoms with Crippen LogP contribution in [-0.4, -0.2) is 6.61 Å². The van der Waals surface area contributed by atoms with Crippen molar-refractivity contribution in [2.24, 2.45) is 0 Å². The highest BCUT2D eigenvalue weighted by molar-refractivity contribution is 7.12. The van der Waals surface area contributed by atoms with Gasteiger partial charge in [0.05, 0.1) is 6.61 Å². The van der Waals surface area contributed by atoms with Crippen LogP contribution in [0, 0.1) is 13.8 Å². The third-order valence-corrected chi connectivity index (χ3v) is 4.38. The van der Waals surface area contributed by atoms with Crippen molar-refractivity contribution in [3.63, 3.8) is 0 Å². The zero-order valence-electron chi connectivity index (χ0n) is 12.7. The standard InChI is InChI=1S/C17H23NOS/c1-5-19-11-15-8-6-7-9-17(15)18-13(3)16-10-12(2)20-14(16)4/h6-10,13,18H,5,11H2,1-4H3. The van der Waals surface area contributed by atoms with Gasteiger partial charge < -0.3 is 10.1 Å². The van der Waals surface area contributed by atoms with Crippen molar-refractivity contribution in [2.45, 2.75) is 40.3 Å². The Kier molecular flexibility index (Phi) is 5.21. The van der Waals surface area contributed by atoms with Crippen molar-refractivity contribution in [3.8, 4) is 0 Å². The first-order valence-corrected chi connectivity index (χ1v) is 7.92. The zero-order chi connectivity index (χ0) is 14.5. The zero-order valence-corrected chi connectivity index (χ0v) is 13.5. The Labute approximate surface area is 125 Å². The highest BCUT2D eigenvalue weighted by Gasteiger charge is 2.12. The molecule has 0 spiro atoms. The molecule has 2 nitrogen and oxygen atoms in total. The van der Waals surface area contributed by atoms with Crippen LogP contribution in [0.2, 0.25) is 0 Å². The highest BCUT2D eigenvalue weighted by atomic mass is 32.1. The van der Waals surface area contributed by atoms with Crippen molar-refractivity contribution in [2.75, 3.05) is 11.9 Å². The lowest BCUT2D eigenvalue weighted by atomic mass is 10.1. The second-order valence-electron chi connectivity index (χ2n) is 5.03. The lowest BCUT2D eigenvalue weighted by Crippen LogP contribution is -2.09. The second kappa shape index (κ2) is 6.91. The summed E-state index contributed by atoms with van der Waals surface area (Å²) in [6.07, 6.45) is 0. The van der Waals surface area contributed by atoms with Gasteiger partial charge in [-0.15, -0.1) is 11.3 Å². The van der Waals surface area contributed by atoms with E-state index in [0.717, 1.165) is 12.3 Å². The number of rotatable bonds is 6. The molecular weight excluding hydrogens is 266 g/mol. The first-order chi connectivity index (χ1) is 9.61. The molecule has 0 radical (unpaired) electrons. The molecule has 0 bridgehead atoms. The van der Waals surface area contributed by atoms with Crippen LogP contribution in [0.4, 0.5) is 5.69 Å². The molecule has 2 aromatic rings. The molecule has 2 rings (SSSR count). The normalized spacial score (nSPS) is 12.4. The number of nitrogens with one attached hydrogen (secondary N) is 1. The number of aryl methyl sites for hydroxylation is 2. The molecule has 1 heterocycles. The lowest BCUT2D eigenvalue weighted by Gasteiger charge is -2.18. The first kappa shape index (κ1) is 15.1. The molecule has 20 heavy (non-hydrogen) atoms. The maximum absolute atomic E-state index is 5.54. The average molecular weight is 289 g/mol. The van der Waals surface area contributed by atoms with Gasteiger partial charge >= 0.3 is 0 Å². The number of hydrogen-bond acceptors (Lipinski definition) is 3. The maximum Gasteiger partial charge on any atom is 0.0736 e. The number of benzene rings is 1. The fourth-order valence-electron chi connectivity index (χ4n) is 2.39. The van der Waals surface area contributed by atoms with Gasteiger partial charge in [-0.1, -0.05) is 18.2 Å². The summed E-state index contributed by atoms with van der Waals surface area (Å²) in [4.78, 5) is 2.76. The Morgan fingerprint density at radius 2 is 2.00 bits per heavy atom. The molecule has 3 heteroatoms. The Morgan fingerprint density at radius 1 is 1.25 bits per heavy atom. The van der Waals surface area contributed by atoms with E-state index < -0.39 is 0 Å². The monoisotopic (exact) mass is 289 g/mol. The quantitative estimate of drug-likeness (QED) is 0.801. The molecule has 0 saturated carbocycles. The topological polar surface area (TPSA) is 21.3 Å². The number of hydrogen-bond donors (Lipinski definition) is 1. The number of ether oxygens (including phenoxy) is 1. The summed E-state index contributed by atoms with van der Waals surface area (Å²) in [5.74, 6) is 0. The summed E-state index contributed by atoms with van der Waals surface area (Å²) in [6.45, 7) is 10.00. The van der Waals surface area contributed by atoms with E-state index in [9.17, 15) is 0 Å². The minimum absolute atomic E-state index is 0.308. The van der Waals surface area contributed by atoms with E-state index in [1.54, 1.807) is 0 Å².